The van der Waals surface area contributed by atoms with Gasteiger partial charge in [0.1, 0.15) is 0 Å². The molecule has 0 unspecified atom stereocenters. The number of imidazole rings is 1. The van der Waals surface area contributed by atoms with Crippen molar-refractivity contribution in [3.05, 3.63) is 66.7 Å². The largest absolute Gasteiger partial charge is 0.461 e. The topological polar surface area (TPSA) is 74.8 Å². The Morgan fingerprint density at radius 3 is 2.72 bits per heavy atom. The lowest BCUT2D eigenvalue weighted by Crippen LogP contribution is -2.09. The molecule has 7 heteroatoms. The van der Waals surface area contributed by atoms with Gasteiger partial charge in [-0.05, 0) is 31.2 Å². The van der Waals surface area contributed by atoms with E-state index in [0.29, 0.717) is 17.0 Å². The summed E-state index contributed by atoms with van der Waals surface area (Å²) >= 11 is 0. The van der Waals surface area contributed by atoms with Gasteiger partial charge in [-0.15, -0.1) is 0 Å². The minimum atomic E-state index is -0.475. The molecule has 3 aromatic heterocycles. The first-order valence-electron chi connectivity index (χ1n) is 7.89. The number of pyridine rings is 1. The van der Waals surface area contributed by atoms with Crippen LogP contribution in [0.4, 0.5) is 0 Å². The summed E-state index contributed by atoms with van der Waals surface area (Å²) in [5, 5.41) is 5.06. The van der Waals surface area contributed by atoms with E-state index in [9.17, 15) is 4.79 Å². The van der Waals surface area contributed by atoms with Gasteiger partial charge in [0.25, 0.3) is 0 Å². The minimum absolute atomic E-state index is 0.229. The second kappa shape index (κ2) is 6.20. The number of nitrogens with zero attached hydrogens (tertiary/aromatic N) is 5. The molecule has 124 valence electrons. The van der Waals surface area contributed by atoms with Crippen LogP contribution < -0.4 is 0 Å². The molecule has 4 rings (SSSR count). The molecule has 4 aromatic rings. The molecule has 0 aliphatic heterocycles. The van der Waals surface area contributed by atoms with Crippen molar-refractivity contribution in [2.24, 2.45) is 0 Å². The van der Waals surface area contributed by atoms with Crippen LogP contribution in [0.1, 0.15) is 17.4 Å². The molecule has 0 aliphatic carbocycles. The van der Waals surface area contributed by atoms with Crippen LogP contribution >= 0.6 is 0 Å². The molecule has 0 saturated carbocycles. The van der Waals surface area contributed by atoms with Crippen molar-refractivity contribution in [3.63, 3.8) is 0 Å². The Morgan fingerprint density at radius 2 is 1.92 bits per heavy atom. The number of aromatic nitrogens is 5. The summed E-state index contributed by atoms with van der Waals surface area (Å²) in [5.41, 5.74) is 1.72. The number of carbonyl (C=O) groups excluding carboxylic acids is 1. The van der Waals surface area contributed by atoms with Gasteiger partial charge in [-0.25, -0.2) is 14.8 Å². The summed E-state index contributed by atoms with van der Waals surface area (Å²) < 4.78 is 8.56. The highest BCUT2D eigenvalue weighted by molar-refractivity contribution is 6.01. The molecule has 0 atom stereocenters. The molecular weight excluding hydrogens is 318 g/mol. The molecular formula is C18H15N5O2. The zero-order valence-electron chi connectivity index (χ0n) is 13.5. The predicted molar refractivity (Wildman–Crippen MR) is 91.9 cm³/mol. The van der Waals surface area contributed by atoms with E-state index >= 15 is 0 Å². The Labute approximate surface area is 143 Å². The molecule has 0 radical (unpaired) electrons. The fourth-order valence-corrected chi connectivity index (χ4v) is 2.68. The average Bonchev–Trinajstić information content (AvgIpc) is 3.27. The third-order valence-electron chi connectivity index (χ3n) is 3.76. The molecule has 0 amide bonds. The number of rotatable bonds is 4. The van der Waals surface area contributed by atoms with Crippen molar-refractivity contribution in [1.29, 1.82) is 0 Å². The molecule has 0 N–H and O–H groups in total. The maximum Gasteiger partial charge on any atom is 0.359 e. The van der Waals surface area contributed by atoms with Crippen LogP contribution in [0.5, 0.6) is 0 Å². The van der Waals surface area contributed by atoms with Gasteiger partial charge in [-0.1, -0.05) is 18.2 Å². The van der Waals surface area contributed by atoms with Crippen LogP contribution in [0.2, 0.25) is 0 Å². The van der Waals surface area contributed by atoms with Crippen LogP contribution in [0.3, 0.4) is 0 Å². The van der Waals surface area contributed by atoms with Gasteiger partial charge in [0, 0.05) is 24.3 Å². The van der Waals surface area contributed by atoms with E-state index < -0.39 is 5.97 Å². The molecule has 0 bridgehead atoms. The Hall–Kier alpha value is -3.48. The van der Waals surface area contributed by atoms with Crippen molar-refractivity contribution in [3.8, 4) is 11.6 Å². The van der Waals surface area contributed by atoms with E-state index in [0.717, 1.165) is 5.69 Å². The number of para-hydroxylation sites is 1. The van der Waals surface area contributed by atoms with Crippen LogP contribution in [0.25, 0.3) is 22.7 Å². The molecule has 7 nitrogen and oxygen atoms in total. The van der Waals surface area contributed by atoms with E-state index in [1.54, 1.807) is 36.1 Å². The fourth-order valence-electron chi connectivity index (χ4n) is 2.68. The van der Waals surface area contributed by atoms with E-state index in [2.05, 4.69) is 15.1 Å². The quantitative estimate of drug-likeness (QED) is 0.537. The number of hydrogen-bond acceptors (Lipinski definition) is 5. The molecule has 0 aliphatic rings. The number of ether oxygens (including phenoxy) is 1. The van der Waals surface area contributed by atoms with Crippen molar-refractivity contribution < 1.29 is 9.53 Å². The molecule has 0 fully saturated rings. The third kappa shape index (κ3) is 2.55. The predicted octanol–water partition coefficient (Wildman–Crippen LogP) is 2.78. The Balaban J connectivity index is 1.92. The van der Waals surface area contributed by atoms with Crippen LogP contribution in [0, 0.1) is 0 Å². The van der Waals surface area contributed by atoms with Gasteiger partial charge in [0.15, 0.2) is 11.3 Å². The highest BCUT2D eigenvalue weighted by Crippen LogP contribution is 2.22. The lowest BCUT2D eigenvalue weighted by molar-refractivity contribution is 0.0521. The number of esters is 1. The smallest absolute Gasteiger partial charge is 0.359 e. The lowest BCUT2D eigenvalue weighted by atomic mass is 10.2. The molecule has 0 saturated heterocycles. The maximum atomic E-state index is 12.2. The fraction of sp³-hybridized carbons (Fsp3) is 0.111. The zero-order chi connectivity index (χ0) is 17.2. The SMILES string of the molecule is CCOC(=O)c1nn(-c2nccn2-c2ccccc2)c2ncccc12. The van der Waals surface area contributed by atoms with Crippen LogP contribution in [-0.4, -0.2) is 36.9 Å². The summed E-state index contributed by atoms with van der Waals surface area (Å²) in [7, 11) is 0. The summed E-state index contributed by atoms with van der Waals surface area (Å²) in [6.45, 7) is 2.05. The van der Waals surface area contributed by atoms with E-state index in [1.165, 1.54) is 0 Å². The number of hydrogen-bond donors (Lipinski definition) is 0. The van der Waals surface area contributed by atoms with Gasteiger partial charge in [-0.3, -0.25) is 4.57 Å². The van der Waals surface area contributed by atoms with Crippen molar-refractivity contribution in [2.75, 3.05) is 6.61 Å². The molecule has 25 heavy (non-hydrogen) atoms. The first-order chi connectivity index (χ1) is 12.3. The van der Waals surface area contributed by atoms with Crippen molar-refractivity contribution >= 4 is 17.0 Å². The van der Waals surface area contributed by atoms with Gasteiger partial charge in [0.2, 0.25) is 5.95 Å². The molecule has 0 spiro atoms. The van der Waals surface area contributed by atoms with Gasteiger partial charge < -0.3 is 4.74 Å². The highest BCUT2D eigenvalue weighted by Gasteiger charge is 2.21. The summed E-state index contributed by atoms with van der Waals surface area (Å²) in [4.78, 5) is 21.0. The standard InChI is InChI=1S/C18H15N5O2/c1-2-25-17(24)15-14-9-6-10-19-16(14)23(21-15)18-20-11-12-22(18)13-7-4-3-5-8-13/h3-12H,2H2,1H3. The summed E-state index contributed by atoms with van der Waals surface area (Å²) in [5.74, 6) is 0.0718. The monoisotopic (exact) mass is 333 g/mol. The molecule has 1 aromatic carbocycles. The number of benzene rings is 1. The third-order valence-corrected chi connectivity index (χ3v) is 3.76. The summed E-state index contributed by atoms with van der Waals surface area (Å²) in [6, 6.07) is 13.3. The van der Waals surface area contributed by atoms with Gasteiger partial charge >= 0.3 is 5.97 Å². The van der Waals surface area contributed by atoms with E-state index in [4.69, 9.17) is 4.74 Å². The lowest BCUT2D eigenvalue weighted by Gasteiger charge is -2.07. The number of fused-ring (bicyclic) bond motifs is 1. The van der Waals surface area contributed by atoms with Crippen LogP contribution in [-0.2, 0) is 4.74 Å². The second-order valence-electron chi connectivity index (χ2n) is 5.29. The first-order valence-corrected chi connectivity index (χ1v) is 7.89. The maximum absolute atomic E-state index is 12.2. The molecule has 3 heterocycles. The van der Waals surface area contributed by atoms with E-state index in [-0.39, 0.29) is 12.3 Å². The van der Waals surface area contributed by atoms with Crippen molar-refractivity contribution in [1.82, 2.24) is 24.3 Å². The second-order valence-corrected chi connectivity index (χ2v) is 5.29. The van der Waals surface area contributed by atoms with Crippen LogP contribution in [0.15, 0.2) is 61.1 Å². The van der Waals surface area contributed by atoms with Gasteiger partial charge in [-0.2, -0.15) is 9.78 Å². The van der Waals surface area contributed by atoms with E-state index in [1.807, 2.05) is 41.1 Å². The zero-order valence-corrected chi connectivity index (χ0v) is 13.5. The minimum Gasteiger partial charge on any atom is -0.461 e. The average molecular weight is 333 g/mol. The van der Waals surface area contributed by atoms with Gasteiger partial charge in [0.05, 0.1) is 12.0 Å². The normalized spacial score (nSPS) is 10.9. The summed E-state index contributed by atoms with van der Waals surface area (Å²) in [6.07, 6.45) is 5.18. The van der Waals surface area contributed by atoms with Crippen molar-refractivity contribution in [2.45, 2.75) is 6.92 Å². The Morgan fingerprint density at radius 1 is 1.08 bits per heavy atom. The Kier molecular flexibility index (Phi) is 3.74. The number of carbonyl (C=O) groups is 1. The first kappa shape index (κ1) is 15.1. The Bertz CT molecular complexity index is 1040. The highest BCUT2D eigenvalue weighted by atomic mass is 16.5.